The van der Waals surface area contributed by atoms with E-state index in [9.17, 15) is 8.42 Å². The standard InChI is InChI=1S/C17H20ClN3O2S2/c1-12(15-9-4-5-10-16(15)18)19-17(24)20-13-7-6-8-14(11-13)25(22,23)21(2)3/h4-12H,1-3H3,(H2,19,20,24)/t12-/m1/s1. The molecule has 25 heavy (non-hydrogen) atoms. The van der Waals surface area contributed by atoms with E-state index in [-0.39, 0.29) is 10.9 Å². The number of nitrogens with zero attached hydrogens (tertiary/aromatic N) is 1. The second-order valence-corrected chi connectivity index (χ2v) is 8.62. The average molecular weight is 398 g/mol. The number of thiocarbonyl (C=S) groups is 1. The SMILES string of the molecule is C[C@@H](NC(=S)Nc1cccc(S(=O)(=O)N(C)C)c1)c1ccccc1Cl. The molecule has 0 radical (unpaired) electrons. The summed E-state index contributed by atoms with van der Waals surface area (Å²) in [6, 6.07) is 13.9. The lowest BCUT2D eigenvalue weighted by Gasteiger charge is -2.19. The van der Waals surface area contributed by atoms with Crippen LogP contribution in [0.3, 0.4) is 0 Å². The van der Waals surface area contributed by atoms with Crippen LogP contribution >= 0.6 is 23.8 Å². The van der Waals surface area contributed by atoms with E-state index in [2.05, 4.69) is 10.6 Å². The van der Waals surface area contributed by atoms with Gasteiger partial charge in [-0.1, -0.05) is 35.9 Å². The molecule has 0 spiro atoms. The molecular weight excluding hydrogens is 378 g/mol. The third-order valence-electron chi connectivity index (χ3n) is 3.59. The van der Waals surface area contributed by atoms with Crippen LogP contribution in [0, 0.1) is 0 Å². The van der Waals surface area contributed by atoms with Crippen LogP contribution in [0.15, 0.2) is 53.4 Å². The lowest BCUT2D eigenvalue weighted by atomic mass is 10.1. The van der Waals surface area contributed by atoms with Gasteiger partial charge in [-0.3, -0.25) is 0 Å². The molecule has 2 rings (SSSR count). The number of benzene rings is 2. The normalized spacial score (nSPS) is 12.7. The molecule has 8 heteroatoms. The smallest absolute Gasteiger partial charge is 0.242 e. The molecule has 5 nitrogen and oxygen atoms in total. The zero-order valence-corrected chi connectivity index (χ0v) is 16.5. The summed E-state index contributed by atoms with van der Waals surface area (Å²) in [6.45, 7) is 1.95. The fraction of sp³-hybridized carbons (Fsp3) is 0.235. The van der Waals surface area contributed by atoms with Crippen LogP contribution in [0.2, 0.25) is 5.02 Å². The Labute approximate surface area is 159 Å². The molecular formula is C17H20ClN3O2S2. The van der Waals surface area contributed by atoms with Gasteiger partial charge in [0.25, 0.3) is 0 Å². The Morgan fingerprint density at radius 2 is 1.84 bits per heavy atom. The molecule has 0 heterocycles. The summed E-state index contributed by atoms with van der Waals surface area (Å²) in [5.74, 6) is 0. The highest BCUT2D eigenvalue weighted by Crippen LogP contribution is 2.22. The van der Waals surface area contributed by atoms with Gasteiger partial charge in [0.15, 0.2) is 5.11 Å². The second-order valence-electron chi connectivity index (χ2n) is 5.66. The van der Waals surface area contributed by atoms with Gasteiger partial charge >= 0.3 is 0 Å². The fourth-order valence-electron chi connectivity index (χ4n) is 2.21. The first-order chi connectivity index (χ1) is 11.7. The lowest BCUT2D eigenvalue weighted by molar-refractivity contribution is 0.521. The summed E-state index contributed by atoms with van der Waals surface area (Å²) in [7, 11) is -0.509. The Morgan fingerprint density at radius 1 is 1.16 bits per heavy atom. The first-order valence-corrected chi connectivity index (χ1v) is 9.79. The summed E-state index contributed by atoms with van der Waals surface area (Å²) < 4.78 is 25.6. The van der Waals surface area contributed by atoms with Gasteiger partial charge in [-0.05, 0) is 49.0 Å². The van der Waals surface area contributed by atoms with E-state index >= 15 is 0 Å². The number of hydrogen-bond donors (Lipinski definition) is 2. The molecule has 0 aliphatic rings. The quantitative estimate of drug-likeness (QED) is 0.754. The van der Waals surface area contributed by atoms with Crippen molar-refractivity contribution in [2.24, 2.45) is 0 Å². The van der Waals surface area contributed by atoms with E-state index in [1.807, 2.05) is 31.2 Å². The molecule has 1 atom stereocenters. The molecule has 2 N–H and O–H groups in total. The summed E-state index contributed by atoms with van der Waals surface area (Å²) in [6.07, 6.45) is 0. The Kier molecular flexibility index (Phi) is 6.40. The summed E-state index contributed by atoms with van der Waals surface area (Å²) in [5.41, 5.74) is 1.52. The van der Waals surface area contributed by atoms with Crippen molar-refractivity contribution in [1.82, 2.24) is 9.62 Å². The molecule has 0 bridgehead atoms. The van der Waals surface area contributed by atoms with Gasteiger partial charge in [0.2, 0.25) is 10.0 Å². The monoisotopic (exact) mass is 397 g/mol. The highest BCUT2D eigenvalue weighted by atomic mass is 35.5. The van der Waals surface area contributed by atoms with Crippen LogP contribution in [-0.4, -0.2) is 31.9 Å². The van der Waals surface area contributed by atoms with E-state index in [0.29, 0.717) is 15.8 Å². The Bertz CT molecular complexity index is 870. The lowest BCUT2D eigenvalue weighted by Crippen LogP contribution is -2.31. The minimum Gasteiger partial charge on any atom is -0.356 e. The highest BCUT2D eigenvalue weighted by Gasteiger charge is 2.17. The van der Waals surface area contributed by atoms with Crippen molar-refractivity contribution in [1.29, 1.82) is 0 Å². The van der Waals surface area contributed by atoms with Gasteiger partial charge in [-0.2, -0.15) is 0 Å². The van der Waals surface area contributed by atoms with Crippen LogP contribution in [-0.2, 0) is 10.0 Å². The van der Waals surface area contributed by atoms with Crippen molar-refractivity contribution in [3.05, 3.63) is 59.1 Å². The predicted octanol–water partition coefficient (Wildman–Crippen LogP) is 3.64. The zero-order chi connectivity index (χ0) is 18.6. The number of nitrogens with one attached hydrogen (secondary N) is 2. The molecule has 0 aliphatic carbocycles. The maximum atomic E-state index is 12.2. The fourth-order valence-corrected chi connectivity index (χ4v) is 3.76. The number of sulfonamides is 1. The van der Waals surface area contributed by atoms with E-state index in [4.69, 9.17) is 23.8 Å². The Hall–Kier alpha value is -1.67. The third-order valence-corrected chi connectivity index (χ3v) is 5.97. The van der Waals surface area contributed by atoms with Crippen molar-refractivity contribution in [3.63, 3.8) is 0 Å². The van der Waals surface area contributed by atoms with Crippen LogP contribution in [0.1, 0.15) is 18.5 Å². The van der Waals surface area contributed by atoms with Crippen molar-refractivity contribution >= 4 is 44.6 Å². The van der Waals surface area contributed by atoms with Gasteiger partial charge in [0.1, 0.15) is 0 Å². The van der Waals surface area contributed by atoms with Gasteiger partial charge in [0.05, 0.1) is 10.9 Å². The van der Waals surface area contributed by atoms with Crippen LogP contribution < -0.4 is 10.6 Å². The van der Waals surface area contributed by atoms with Crippen molar-refractivity contribution in [2.45, 2.75) is 17.9 Å². The molecule has 2 aromatic rings. The maximum Gasteiger partial charge on any atom is 0.242 e. The Balaban J connectivity index is 2.10. The molecule has 0 amide bonds. The second kappa shape index (κ2) is 8.14. The van der Waals surface area contributed by atoms with Gasteiger partial charge in [-0.15, -0.1) is 0 Å². The van der Waals surface area contributed by atoms with Crippen LogP contribution in [0.4, 0.5) is 5.69 Å². The first kappa shape index (κ1) is 19.7. The summed E-state index contributed by atoms with van der Waals surface area (Å²) >= 11 is 11.5. The molecule has 0 aromatic heterocycles. The molecule has 0 saturated heterocycles. The van der Waals surface area contributed by atoms with Crippen molar-refractivity contribution in [3.8, 4) is 0 Å². The summed E-state index contributed by atoms with van der Waals surface area (Å²) in [5, 5.41) is 7.19. The molecule has 0 fully saturated rings. The molecule has 134 valence electrons. The van der Waals surface area contributed by atoms with E-state index < -0.39 is 10.0 Å². The topological polar surface area (TPSA) is 61.4 Å². The van der Waals surface area contributed by atoms with Gasteiger partial charge < -0.3 is 10.6 Å². The minimum atomic E-state index is -3.49. The van der Waals surface area contributed by atoms with Crippen molar-refractivity contribution < 1.29 is 8.42 Å². The van der Waals surface area contributed by atoms with E-state index in [0.717, 1.165) is 5.56 Å². The van der Waals surface area contributed by atoms with Gasteiger partial charge in [-0.25, -0.2) is 12.7 Å². The summed E-state index contributed by atoms with van der Waals surface area (Å²) in [4.78, 5) is 0.199. The maximum absolute atomic E-state index is 12.2. The number of rotatable bonds is 5. The van der Waals surface area contributed by atoms with E-state index in [1.54, 1.807) is 24.3 Å². The van der Waals surface area contributed by atoms with Crippen molar-refractivity contribution in [2.75, 3.05) is 19.4 Å². The average Bonchev–Trinajstić information content (AvgIpc) is 2.55. The third kappa shape index (κ3) is 4.92. The minimum absolute atomic E-state index is 0.0950. The molecule has 2 aromatic carbocycles. The Morgan fingerprint density at radius 3 is 2.48 bits per heavy atom. The highest BCUT2D eigenvalue weighted by molar-refractivity contribution is 7.89. The van der Waals surface area contributed by atoms with Crippen LogP contribution in [0.5, 0.6) is 0 Å². The largest absolute Gasteiger partial charge is 0.356 e. The predicted molar refractivity (Wildman–Crippen MR) is 107 cm³/mol. The van der Waals surface area contributed by atoms with E-state index in [1.165, 1.54) is 18.4 Å². The van der Waals surface area contributed by atoms with Gasteiger partial charge in [0, 0.05) is 24.8 Å². The molecule has 0 unspecified atom stereocenters. The number of halogens is 1. The molecule has 0 saturated carbocycles. The molecule has 0 aliphatic heterocycles. The number of anilines is 1. The first-order valence-electron chi connectivity index (χ1n) is 7.56. The van der Waals surface area contributed by atoms with Crippen LogP contribution in [0.25, 0.3) is 0 Å². The number of hydrogen-bond acceptors (Lipinski definition) is 3. The zero-order valence-electron chi connectivity index (χ0n) is 14.2.